The van der Waals surface area contributed by atoms with Crippen LogP contribution in [0.1, 0.15) is 53.2 Å². The number of nitrogens with one attached hydrogen (secondary N) is 1. The average Bonchev–Trinajstić information content (AvgIpc) is 3.45. The Bertz CT molecular complexity index is 987. The summed E-state index contributed by atoms with van der Waals surface area (Å²) in [4.78, 5) is 24.0. The van der Waals surface area contributed by atoms with Gasteiger partial charge in [-0.1, -0.05) is 0 Å². The lowest BCUT2D eigenvalue weighted by Crippen LogP contribution is -2.28. The molecule has 0 amide bonds. The van der Waals surface area contributed by atoms with Gasteiger partial charge in [-0.3, -0.25) is 4.79 Å². The fourth-order valence-corrected chi connectivity index (χ4v) is 3.86. The van der Waals surface area contributed by atoms with Gasteiger partial charge in [0.2, 0.25) is 5.43 Å². The van der Waals surface area contributed by atoms with Crippen LogP contribution in [-0.4, -0.2) is 27.8 Å². The third-order valence-corrected chi connectivity index (χ3v) is 5.51. The second-order valence-corrected chi connectivity index (χ2v) is 7.03. The number of pyridine rings is 1. The summed E-state index contributed by atoms with van der Waals surface area (Å²) in [7, 11) is 1.74. The Hall–Kier alpha value is -2.41. The number of aromatic carboxylic acids is 1. The second-order valence-electron chi connectivity index (χ2n) is 7.03. The van der Waals surface area contributed by atoms with E-state index in [2.05, 4.69) is 5.32 Å². The predicted molar refractivity (Wildman–Crippen MR) is 89.8 cm³/mol. The van der Waals surface area contributed by atoms with E-state index in [0.29, 0.717) is 16.6 Å². The Kier molecular flexibility index (Phi) is 3.25. The summed E-state index contributed by atoms with van der Waals surface area (Å²) < 4.78 is 16.7. The molecule has 0 atom stereocenters. The molecule has 4 rings (SSSR count). The maximum atomic E-state index is 15.0. The summed E-state index contributed by atoms with van der Waals surface area (Å²) >= 11 is 0. The maximum Gasteiger partial charge on any atom is 0.341 e. The average molecular weight is 346 g/mol. The number of carboxylic acid groups (broad SMARTS) is 1. The van der Waals surface area contributed by atoms with Crippen molar-refractivity contribution in [3.8, 4) is 5.75 Å². The lowest BCUT2D eigenvalue weighted by molar-refractivity contribution is 0.0695. The highest BCUT2D eigenvalue weighted by atomic mass is 19.1. The number of halogens is 1. The molecular weight excluding hydrogens is 327 g/mol. The molecule has 2 aliphatic carbocycles. The smallest absolute Gasteiger partial charge is 0.341 e. The van der Waals surface area contributed by atoms with E-state index >= 15 is 0 Å². The van der Waals surface area contributed by atoms with Gasteiger partial charge in [0.1, 0.15) is 5.56 Å². The molecule has 3 N–H and O–H groups in total. The zero-order valence-electron chi connectivity index (χ0n) is 14.0. The standard InChI is InChI=1S/C18H19FN2O4/c1-8-12(18(20-2)5-6-18)13(19)16(23)11-14(8)21(9-3-4-9)7-10(15(11)22)17(24)25/h7,9,20,23H,3-6H2,1-2H3,(H,24,25). The van der Waals surface area contributed by atoms with E-state index in [0.717, 1.165) is 25.7 Å². The van der Waals surface area contributed by atoms with Gasteiger partial charge < -0.3 is 20.1 Å². The number of phenolic OH excluding ortho intramolecular Hbond substituents is 1. The molecule has 0 bridgehead atoms. The van der Waals surface area contributed by atoms with Crippen LogP contribution in [0.3, 0.4) is 0 Å². The first-order chi connectivity index (χ1) is 11.8. The largest absolute Gasteiger partial charge is 0.504 e. The van der Waals surface area contributed by atoms with Gasteiger partial charge in [0, 0.05) is 23.3 Å². The molecule has 2 fully saturated rings. The number of aromatic nitrogens is 1. The van der Waals surface area contributed by atoms with Crippen LogP contribution in [0.2, 0.25) is 0 Å². The Morgan fingerprint density at radius 1 is 1.40 bits per heavy atom. The first-order valence-corrected chi connectivity index (χ1v) is 8.35. The summed E-state index contributed by atoms with van der Waals surface area (Å²) in [6, 6.07) is 0.0716. The number of aryl methyl sites for hydroxylation is 1. The molecule has 25 heavy (non-hydrogen) atoms. The van der Waals surface area contributed by atoms with E-state index in [1.54, 1.807) is 18.5 Å². The molecule has 2 saturated carbocycles. The Labute approximate surface area is 142 Å². The van der Waals surface area contributed by atoms with E-state index in [4.69, 9.17) is 0 Å². The van der Waals surface area contributed by atoms with E-state index in [-0.39, 0.29) is 11.4 Å². The normalized spacial score (nSPS) is 18.5. The molecule has 1 aromatic heterocycles. The predicted octanol–water partition coefficient (Wildman–Crippen LogP) is 2.40. The molecule has 1 aromatic carbocycles. The van der Waals surface area contributed by atoms with Gasteiger partial charge in [-0.05, 0) is 45.2 Å². The second kappa shape index (κ2) is 5.05. The highest BCUT2D eigenvalue weighted by molar-refractivity contribution is 5.96. The van der Waals surface area contributed by atoms with E-state index in [1.807, 2.05) is 0 Å². The highest BCUT2D eigenvalue weighted by Gasteiger charge is 2.47. The number of fused-ring (bicyclic) bond motifs is 1. The summed E-state index contributed by atoms with van der Waals surface area (Å²) in [6.45, 7) is 1.73. The maximum absolute atomic E-state index is 15.0. The van der Waals surface area contributed by atoms with Gasteiger partial charge in [0.05, 0.1) is 10.9 Å². The van der Waals surface area contributed by atoms with Crippen LogP contribution in [0.15, 0.2) is 11.0 Å². The lowest BCUT2D eigenvalue weighted by Gasteiger charge is -2.23. The first-order valence-electron chi connectivity index (χ1n) is 8.35. The van der Waals surface area contributed by atoms with Crippen molar-refractivity contribution in [3.63, 3.8) is 0 Å². The number of carbonyl (C=O) groups is 1. The van der Waals surface area contributed by atoms with Crippen LogP contribution in [0.4, 0.5) is 4.39 Å². The molecule has 132 valence electrons. The monoisotopic (exact) mass is 346 g/mol. The summed E-state index contributed by atoms with van der Waals surface area (Å²) in [5.41, 5.74) is -0.436. The van der Waals surface area contributed by atoms with Gasteiger partial charge in [-0.2, -0.15) is 0 Å². The topological polar surface area (TPSA) is 91.6 Å². The molecule has 0 unspecified atom stereocenters. The zero-order chi connectivity index (χ0) is 18.1. The number of benzene rings is 1. The van der Waals surface area contributed by atoms with E-state index in [1.165, 1.54) is 6.20 Å². The van der Waals surface area contributed by atoms with Gasteiger partial charge in [0.25, 0.3) is 0 Å². The summed E-state index contributed by atoms with van der Waals surface area (Å²) in [5.74, 6) is -2.96. The van der Waals surface area contributed by atoms with Crippen molar-refractivity contribution in [1.29, 1.82) is 0 Å². The molecular formula is C18H19FN2O4. The number of aromatic hydroxyl groups is 1. The zero-order valence-corrected chi connectivity index (χ0v) is 14.0. The lowest BCUT2D eigenvalue weighted by atomic mass is 9.93. The minimum atomic E-state index is -1.38. The number of phenols is 1. The number of nitrogens with zero attached hydrogens (tertiary/aromatic N) is 1. The number of rotatable bonds is 4. The number of carboxylic acids is 1. The van der Waals surface area contributed by atoms with Crippen molar-refractivity contribution < 1.29 is 19.4 Å². The quantitative estimate of drug-likeness (QED) is 0.791. The number of hydrogen-bond acceptors (Lipinski definition) is 4. The molecule has 2 aliphatic rings. The van der Waals surface area contributed by atoms with E-state index in [9.17, 15) is 24.2 Å². The molecule has 2 aromatic rings. The molecule has 7 heteroatoms. The van der Waals surface area contributed by atoms with Crippen molar-refractivity contribution in [2.75, 3.05) is 7.05 Å². The van der Waals surface area contributed by atoms with Crippen molar-refractivity contribution >= 4 is 16.9 Å². The minimum absolute atomic E-state index is 0.0716. The SMILES string of the molecule is CNC1(c2c(F)c(O)c3c(=O)c(C(=O)O)cn(C4CC4)c3c2C)CC1. The molecule has 6 nitrogen and oxygen atoms in total. The van der Waals surface area contributed by atoms with Crippen LogP contribution in [0.25, 0.3) is 10.9 Å². The Morgan fingerprint density at radius 3 is 2.52 bits per heavy atom. The van der Waals surface area contributed by atoms with Crippen molar-refractivity contribution in [2.45, 2.75) is 44.2 Å². The Balaban J connectivity index is 2.18. The van der Waals surface area contributed by atoms with Gasteiger partial charge in [-0.25, -0.2) is 9.18 Å². The van der Waals surface area contributed by atoms with Crippen LogP contribution >= 0.6 is 0 Å². The minimum Gasteiger partial charge on any atom is -0.504 e. The molecule has 0 spiro atoms. The van der Waals surface area contributed by atoms with Crippen LogP contribution in [0, 0.1) is 12.7 Å². The van der Waals surface area contributed by atoms with Gasteiger partial charge >= 0.3 is 5.97 Å². The van der Waals surface area contributed by atoms with Crippen LogP contribution in [-0.2, 0) is 5.54 Å². The van der Waals surface area contributed by atoms with Crippen LogP contribution in [0.5, 0.6) is 5.75 Å². The fraction of sp³-hybridized carbons (Fsp3) is 0.444. The first kappa shape index (κ1) is 16.1. The van der Waals surface area contributed by atoms with Crippen molar-refractivity contribution in [2.24, 2.45) is 0 Å². The molecule has 1 heterocycles. The van der Waals surface area contributed by atoms with E-state index < -0.39 is 34.1 Å². The molecule has 0 aliphatic heterocycles. The van der Waals surface area contributed by atoms with Gasteiger partial charge in [-0.15, -0.1) is 0 Å². The highest BCUT2D eigenvalue weighted by Crippen LogP contribution is 2.51. The molecule has 0 saturated heterocycles. The van der Waals surface area contributed by atoms with Crippen molar-refractivity contribution in [3.05, 3.63) is 38.9 Å². The third kappa shape index (κ3) is 2.12. The Morgan fingerprint density at radius 2 is 2.04 bits per heavy atom. The third-order valence-electron chi connectivity index (χ3n) is 5.51. The number of hydrogen-bond donors (Lipinski definition) is 3. The fourth-order valence-electron chi connectivity index (χ4n) is 3.86. The van der Waals surface area contributed by atoms with Crippen LogP contribution < -0.4 is 10.7 Å². The summed E-state index contributed by atoms with van der Waals surface area (Å²) in [6.07, 6.45) is 4.54. The van der Waals surface area contributed by atoms with Crippen molar-refractivity contribution in [1.82, 2.24) is 9.88 Å². The van der Waals surface area contributed by atoms with Gasteiger partial charge in [0.15, 0.2) is 11.6 Å². The molecule has 0 radical (unpaired) electrons. The summed E-state index contributed by atoms with van der Waals surface area (Å²) in [5, 5.41) is 22.6.